The summed E-state index contributed by atoms with van der Waals surface area (Å²) in [6.45, 7) is 0.708. The predicted molar refractivity (Wildman–Crippen MR) is 62.0 cm³/mol. The van der Waals surface area contributed by atoms with Crippen molar-refractivity contribution in [1.29, 1.82) is 0 Å². The standard InChI is InChI=1S/C9H11IN2O3/c1-14-8-6(10)5-12(9(13)11-8)7-3-2-4-15-7/h5,7H,2-4H2,1H3/t7-/m0/s1. The summed E-state index contributed by atoms with van der Waals surface area (Å²) in [6, 6.07) is 0. The van der Waals surface area contributed by atoms with Crippen LogP contribution in [0.2, 0.25) is 0 Å². The monoisotopic (exact) mass is 322 g/mol. The number of nitrogens with zero attached hydrogens (tertiary/aromatic N) is 2. The number of rotatable bonds is 2. The van der Waals surface area contributed by atoms with E-state index in [2.05, 4.69) is 27.6 Å². The summed E-state index contributed by atoms with van der Waals surface area (Å²) in [5, 5.41) is 0. The average Bonchev–Trinajstić information content (AvgIpc) is 2.74. The van der Waals surface area contributed by atoms with Crippen molar-refractivity contribution in [3.63, 3.8) is 0 Å². The van der Waals surface area contributed by atoms with Gasteiger partial charge in [0, 0.05) is 12.8 Å². The minimum Gasteiger partial charge on any atom is -0.480 e. The van der Waals surface area contributed by atoms with Crippen LogP contribution in [0.15, 0.2) is 11.0 Å². The van der Waals surface area contributed by atoms with Gasteiger partial charge >= 0.3 is 5.69 Å². The first-order valence-electron chi connectivity index (χ1n) is 4.66. The normalized spacial score (nSPS) is 20.5. The van der Waals surface area contributed by atoms with Crippen LogP contribution < -0.4 is 10.4 Å². The minimum atomic E-state index is -0.320. The summed E-state index contributed by atoms with van der Waals surface area (Å²) in [4.78, 5) is 15.5. The Kier molecular flexibility index (Phi) is 3.25. The second-order valence-corrected chi connectivity index (χ2v) is 4.42. The number of hydrogen-bond acceptors (Lipinski definition) is 4. The van der Waals surface area contributed by atoms with Gasteiger partial charge in [-0.05, 0) is 35.4 Å². The van der Waals surface area contributed by atoms with E-state index in [1.54, 1.807) is 6.20 Å². The third kappa shape index (κ3) is 2.15. The SMILES string of the molecule is COc1nc(=O)n([C@@H]2CCCO2)cc1I. The zero-order valence-electron chi connectivity index (χ0n) is 8.27. The van der Waals surface area contributed by atoms with Crippen molar-refractivity contribution >= 4 is 22.6 Å². The molecule has 1 aliphatic rings. The van der Waals surface area contributed by atoms with Gasteiger partial charge in [0.2, 0.25) is 5.88 Å². The molecule has 0 N–H and O–H groups in total. The molecular weight excluding hydrogens is 311 g/mol. The van der Waals surface area contributed by atoms with Crippen molar-refractivity contribution in [2.75, 3.05) is 13.7 Å². The van der Waals surface area contributed by atoms with E-state index < -0.39 is 0 Å². The van der Waals surface area contributed by atoms with Gasteiger partial charge in [0.1, 0.15) is 6.23 Å². The zero-order valence-corrected chi connectivity index (χ0v) is 10.4. The van der Waals surface area contributed by atoms with Gasteiger partial charge in [-0.15, -0.1) is 0 Å². The lowest BCUT2D eigenvalue weighted by Gasteiger charge is -2.13. The first kappa shape index (κ1) is 10.9. The first-order chi connectivity index (χ1) is 7.22. The molecule has 0 unspecified atom stereocenters. The zero-order chi connectivity index (χ0) is 10.8. The quantitative estimate of drug-likeness (QED) is 0.767. The van der Waals surface area contributed by atoms with Crippen LogP contribution in [0.1, 0.15) is 19.1 Å². The van der Waals surface area contributed by atoms with Crippen molar-refractivity contribution in [2.24, 2.45) is 0 Å². The number of ether oxygens (including phenoxy) is 2. The van der Waals surface area contributed by atoms with Crippen LogP contribution in [0.3, 0.4) is 0 Å². The molecule has 1 aromatic rings. The van der Waals surface area contributed by atoms with E-state index in [-0.39, 0.29) is 11.9 Å². The summed E-state index contributed by atoms with van der Waals surface area (Å²) in [5.41, 5.74) is -0.320. The van der Waals surface area contributed by atoms with Gasteiger partial charge in [0.25, 0.3) is 0 Å². The van der Waals surface area contributed by atoms with E-state index in [4.69, 9.17) is 9.47 Å². The van der Waals surface area contributed by atoms with Crippen LogP contribution >= 0.6 is 22.6 Å². The Balaban J connectivity index is 2.40. The second-order valence-electron chi connectivity index (χ2n) is 3.26. The summed E-state index contributed by atoms with van der Waals surface area (Å²) < 4.78 is 12.7. The van der Waals surface area contributed by atoms with Crippen molar-refractivity contribution in [3.05, 3.63) is 20.3 Å². The highest BCUT2D eigenvalue weighted by Gasteiger charge is 2.20. The molecular formula is C9H11IN2O3. The molecule has 5 nitrogen and oxygen atoms in total. The van der Waals surface area contributed by atoms with Gasteiger partial charge in [-0.2, -0.15) is 4.98 Å². The Labute approximate surface area is 101 Å². The topological polar surface area (TPSA) is 53.3 Å². The molecule has 1 aromatic heterocycles. The molecule has 0 saturated carbocycles. The van der Waals surface area contributed by atoms with Crippen LogP contribution in [-0.4, -0.2) is 23.3 Å². The van der Waals surface area contributed by atoms with Crippen molar-refractivity contribution in [2.45, 2.75) is 19.1 Å². The van der Waals surface area contributed by atoms with E-state index in [1.807, 2.05) is 0 Å². The molecule has 1 fully saturated rings. The van der Waals surface area contributed by atoms with Crippen molar-refractivity contribution < 1.29 is 9.47 Å². The predicted octanol–water partition coefficient (Wildman–Crippen LogP) is 1.17. The van der Waals surface area contributed by atoms with Crippen molar-refractivity contribution in [1.82, 2.24) is 9.55 Å². The number of halogens is 1. The summed E-state index contributed by atoms with van der Waals surface area (Å²) in [5.74, 6) is 0.370. The van der Waals surface area contributed by atoms with E-state index in [9.17, 15) is 4.79 Å². The third-order valence-corrected chi connectivity index (χ3v) is 3.02. The highest BCUT2D eigenvalue weighted by Crippen LogP contribution is 2.23. The Bertz CT molecular complexity index is 412. The van der Waals surface area contributed by atoms with Gasteiger partial charge in [-0.25, -0.2) is 4.79 Å². The largest absolute Gasteiger partial charge is 0.480 e. The molecule has 0 bridgehead atoms. The van der Waals surface area contributed by atoms with Crippen molar-refractivity contribution in [3.8, 4) is 5.88 Å². The molecule has 82 valence electrons. The number of aromatic nitrogens is 2. The molecule has 1 aliphatic heterocycles. The maximum Gasteiger partial charge on any atom is 0.353 e. The van der Waals surface area contributed by atoms with Gasteiger partial charge in [0.15, 0.2) is 0 Å². The average molecular weight is 322 g/mol. The molecule has 15 heavy (non-hydrogen) atoms. The smallest absolute Gasteiger partial charge is 0.353 e. The maximum absolute atomic E-state index is 11.6. The summed E-state index contributed by atoms with van der Waals surface area (Å²) in [7, 11) is 1.50. The molecule has 0 spiro atoms. The van der Waals surface area contributed by atoms with Crippen LogP contribution in [0.25, 0.3) is 0 Å². The van der Waals surface area contributed by atoms with E-state index >= 15 is 0 Å². The Morgan fingerprint density at radius 2 is 2.53 bits per heavy atom. The maximum atomic E-state index is 11.6. The van der Waals surface area contributed by atoms with E-state index in [1.165, 1.54) is 11.7 Å². The van der Waals surface area contributed by atoms with Crippen LogP contribution in [0, 0.1) is 3.57 Å². The molecule has 2 rings (SSSR count). The molecule has 6 heteroatoms. The van der Waals surface area contributed by atoms with Gasteiger partial charge in [0.05, 0.1) is 10.7 Å². The van der Waals surface area contributed by atoms with Gasteiger partial charge in [-0.3, -0.25) is 4.57 Å². The molecule has 1 atom stereocenters. The lowest BCUT2D eigenvalue weighted by atomic mass is 10.3. The summed E-state index contributed by atoms with van der Waals surface area (Å²) >= 11 is 2.09. The fourth-order valence-corrected chi connectivity index (χ4v) is 2.20. The molecule has 1 saturated heterocycles. The van der Waals surface area contributed by atoms with Crippen LogP contribution in [-0.2, 0) is 4.74 Å². The third-order valence-electron chi connectivity index (χ3n) is 2.28. The first-order valence-corrected chi connectivity index (χ1v) is 5.74. The minimum absolute atomic E-state index is 0.163. The molecule has 0 aromatic carbocycles. The highest BCUT2D eigenvalue weighted by molar-refractivity contribution is 14.1. The van der Waals surface area contributed by atoms with Gasteiger partial charge < -0.3 is 9.47 Å². The van der Waals surface area contributed by atoms with E-state index in [0.29, 0.717) is 12.5 Å². The van der Waals surface area contributed by atoms with Crippen LogP contribution in [0.5, 0.6) is 5.88 Å². The molecule has 0 aliphatic carbocycles. The summed E-state index contributed by atoms with van der Waals surface area (Å²) in [6.07, 6.45) is 3.42. The highest BCUT2D eigenvalue weighted by atomic mass is 127. The lowest BCUT2D eigenvalue weighted by Crippen LogP contribution is -2.27. The Morgan fingerprint density at radius 3 is 3.13 bits per heavy atom. The van der Waals surface area contributed by atoms with Crippen LogP contribution in [0.4, 0.5) is 0 Å². The second kappa shape index (κ2) is 4.48. The fourth-order valence-electron chi connectivity index (χ4n) is 1.56. The Morgan fingerprint density at radius 1 is 1.73 bits per heavy atom. The molecule has 0 radical (unpaired) electrons. The molecule has 0 amide bonds. The number of hydrogen-bond donors (Lipinski definition) is 0. The lowest BCUT2D eigenvalue weighted by molar-refractivity contribution is 0.0522. The fraction of sp³-hybridized carbons (Fsp3) is 0.556. The van der Waals surface area contributed by atoms with E-state index in [0.717, 1.165) is 16.4 Å². The number of methoxy groups -OCH3 is 1. The van der Waals surface area contributed by atoms with Gasteiger partial charge in [-0.1, -0.05) is 0 Å². The molecule has 2 heterocycles. The Hall–Kier alpha value is -0.630.